The van der Waals surface area contributed by atoms with Crippen LogP contribution < -0.4 is 10.5 Å². The molecule has 0 bridgehead atoms. The van der Waals surface area contributed by atoms with Crippen LogP contribution in [-0.2, 0) is 18.3 Å². The molecule has 2 amide bonds. The minimum Gasteiger partial charge on any atom is -0.493 e. The van der Waals surface area contributed by atoms with E-state index in [9.17, 15) is 9.59 Å². The number of piperidine rings is 1. The Morgan fingerprint density at radius 1 is 1.32 bits per heavy atom. The van der Waals surface area contributed by atoms with Crippen LogP contribution in [0.2, 0.25) is 5.02 Å². The summed E-state index contributed by atoms with van der Waals surface area (Å²) in [4.78, 5) is 27.0. The van der Waals surface area contributed by atoms with Crippen molar-refractivity contribution in [3.63, 3.8) is 0 Å². The Labute approximate surface area is 188 Å². The number of aryl methyl sites for hydroxylation is 1. The van der Waals surface area contributed by atoms with E-state index in [0.717, 1.165) is 25.0 Å². The number of nitrogens with two attached hydrogens (primary N) is 1. The molecule has 1 aliphatic heterocycles. The zero-order valence-electron chi connectivity index (χ0n) is 18.4. The van der Waals surface area contributed by atoms with Gasteiger partial charge in [-0.25, -0.2) is 0 Å². The molecule has 0 aliphatic carbocycles. The Balaban J connectivity index is 1.77. The van der Waals surface area contributed by atoms with E-state index in [4.69, 9.17) is 22.1 Å². The lowest BCUT2D eigenvalue weighted by atomic mass is 9.77. The van der Waals surface area contributed by atoms with Crippen LogP contribution in [0.3, 0.4) is 0 Å². The second kappa shape index (κ2) is 9.73. The molecule has 0 saturated carbocycles. The zero-order valence-corrected chi connectivity index (χ0v) is 19.2. The highest BCUT2D eigenvalue weighted by atomic mass is 35.5. The SMILES string of the molecule is CC(C)Cc1cc(C(=O)N2CCC[C@](COc3cccc(Cl)c3)(CC(N)=O)C2)n(C)n1. The maximum atomic E-state index is 13.3. The molecule has 1 fully saturated rings. The first-order valence-corrected chi connectivity index (χ1v) is 11.0. The predicted octanol–water partition coefficient (Wildman–Crippen LogP) is 3.45. The van der Waals surface area contributed by atoms with Crippen LogP contribution in [0.4, 0.5) is 0 Å². The summed E-state index contributed by atoms with van der Waals surface area (Å²) in [6.07, 6.45) is 2.50. The van der Waals surface area contributed by atoms with Crippen molar-refractivity contribution >= 4 is 23.4 Å². The van der Waals surface area contributed by atoms with E-state index in [1.807, 2.05) is 18.2 Å². The summed E-state index contributed by atoms with van der Waals surface area (Å²) in [6, 6.07) is 9.01. The second-order valence-electron chi connectivity index (χ2n) is 8.96. The molecule has 1 saturated heterocycles. The van der Waals surface area contributed by atoms with Gasteiger partial charge in [0.1, 0.15) is 11.4 Å². The summed E-state index contributed by atoms with van der Waals surface area (Å²) in [5, 5.41) is 5.07. The van der Waals surface area contributed by atoms with Crippen LogP contribution in [0.25, 0.3) is 0 Å². The smallest absolute Gasteiger partial charge is 0.272 e. The minimum absolute atomic E-state index is 0.0821. The number of hydrogen-bond donors (Lipinski definition) is 1. The van der Waals surface area contributed by atoms with Crippen LogP contribution >= 0.6 is 11.6 Å². The number of nitrogens with zero attached hydrogens (tertiary/aromatic N) is 3. The van der Waals surface area contributed by atoms with Crippen LogP contribution in [0.1, 0.15) is 49.3 Å². The van der Waals surface area contributed by atoms with Crippen molar-refractivity contribution in [1.82, 2.24) is 14.7 Å². The van der Waals surface area contributed by atoms with Crippen LogP contribution in [0.15, 0.2) is 30.3 Å². The molecule has 3 rings (SSSR count). The standard InChI is InChI=1S/C23H31ClN4O3/c1-16(2)10-18-12-20(27(3)26-18)22(30)28-9-5-8-23(14-28,13-21(25)29)15-31-19-7-4-6-17(24)11-19/h4,6-7,11-12,16H,5,8-10,13-15H2,1-3H3,(H2,25,29)/t23-/m0/s1. The van der Waals surface area contributed by atoms with Crippen molar-refractivity contribution in [1.29, 1.82) is 0 Å². The fraction of sp³-hybridized carbons (Fsp3) is 0.522. The molecule has 1 aliphatic rings. The first-order valence-electron chi connectivity index (χ1n) is 10.7. The van der Waals surface area contributed by atoms with Crippen LogP contribution in [0.5, 0.6) is 5.75 Å². The Kier molecular flexibility index (Phi) is 7.26. The molecular formula is C23H31ClN4O3. The van der Waals surface area contributed by atoms with Gasteiger partial charge in [0, 0.05) is 37.0 Å². The van der Waals surface area contributed by atoms with Crippen molar-refractivity contribution in [2.45, 2.75) is 39.5 Å². The van der Waals surface area contributed by atoms with Gasteiger partial charge in [0.25, 0.3) is 5.91 Å². The van der Waals surface area contributed by atoms with Gasteiger partial charge in [0.2, 0.25) is 5.91 Å². The normalized spacial score (nSPS) is 18.9. The van der Waals surface area contributed by atoms with E-state index in [2.05, 4.69) is 18.9 Å². The maximum absolute atomic E-state index is 13.3. The van der Waals surface area contributed by atoms with E-state index in [0.29, 0.717) is 35.5 Å². The number of likely N-dealkylation sites (tertiary alicyclic amines) is 1. The van der Waals surface area contributed by atoms with Gasteiger partial charge in [-0.2, -0.15) is 5.10 Å². The van der Waals surface area contributed by atoms with Gasteiger partial charge < -0.3 is 15.4 Å². The molecule has 1 atom stereocenters. The molecule has 0 radical (unpaired) electrons. The summed E-state index contributed by atoms with van der Waals surface area (Å²) in [7, 11) is 1.79. The van der Waals surface area contributed by atoms with Crippen molar-refractivity contribution < 1.29 is 14.3 Å². The number of benzene rings is 1. The molecule has 1 aromatic heterocycles. The quantitative estimate of drug-likeness (QED) is 0.672. The van der Waals surface area contributed by atoms with E-state index in [-0.39, 0.29) is 18.9 Å². The van der Waals surface area contributed by atoms with Gasteiger partial charge >= 0.3 is 0 Å². The van der Waals surface area contributed by atoms with Crippen molar-refractivity contribution in [2.75, 3.05) is 19.7 Å². The van der Waals surface area contributed by atoms with Gasteiger partial charge in [-0.3, -0.25) is 14.3 Å². The average Bonchev–Trinajstić information content (AvgIpc) is 3.05. The van der Waals surface area contributed by atoms with E-state index < -0.39 is 11.3 Å². The number of hydrogen-bond acceptors (Lipinski definition) is 4. The van der Waals surface area contributed by atoms with Crippen LogP contribution in [-0.4, -0.2) is 46.2 Å². The Morgan fingerprint density at radius 2 is 2.10 bits per heavy atom. The molecule has 168 valence electrons. The highest BCUT2D eigenvalue weighted by Gasteiger charge is 2.40. The zero-order chi connectivity index (χ0) is 22.6. The molecule has 0 spiro atoms. The topological polar surface area (TPSA) is 90.5 Å². The molecule has 0 unspecified atom stereocenters. The Hall–Kier alpha value is -2.54. The Bertz CT molecular complexity index is 943. The number of ether oxygens (including phenoxy) is 1. The maximum Gasteiger partial charge on any atom is 0.272 e. The highest BCUT2D eigenvalue weighted by Crippen LogP contribution is 2.35. The monoisotopic (exact) mass is 446 g/mol. The number of amides is 2. The number of carbonyl (C=O) groups excluding carboxylic acids is 2. The number of primary amides is 1. The third-order valence-corrected chi connectivity index (χ3v) is 5.84. The second-order valence-corrected chi connectivity index (χ2v) is 9.40. The predicted molar refractivity (Wildman–Crippen MR) is 120 cm³/mol. The largest absolute Gasteiger partial charge is 0.493 e. The summed E-state index contributed by atoms with van der Waals surface area (Å²) in [5.41, 5.74) is 6.50. The van der Waals surface area contributed by atoms with Crippen LogP contribution in [0, 0.1) is 11.3 Å². The van der Waals surface area contributed by atoms with Gasteiger partial charge in [-0.05, 0) is 49.4 Å². The summed E-state index contributed by atoms with van der Waals surface area (Å²) < 4.78 is 7.63. The molecule has 31 heavy (non-hydrogen) atoms. The van der Waals surface area contributed by atoms with Crippen molar-refractivity contribution in [3.05, 3.63) is 46.7 Å². The lowest BCUT2D eigenvalue weighted by Gasteiger charge is -2.42. The fourth-order valence-corrected chi connectivity index (χ4v) is 4.44. The molecule has 1 aromatic carbocycles. The Morgan fingerprint density at radius 3 is 2.77 bits per heavy atom. The molecule has 2 aromatic rings. The van der Waals surface area contributed by atoms with Gasteiger partial charge in [0.15, 0.2) is 0 Å². The summed E-state index contributed by atoms with van der Waals surface area (Å²) in [5.74, 6) is 0.606. The van der Waals surface area contributed by atoms with E-state index in [1.165, 1.54) is 0 Å². The fourth-order valence-electron chi connectivity index (χ4n) is 4.26. The number of aromatic nitrogens is 2. The first kappa shape index (κ1) is 23.1. The average molecular weight is 447 g/mol. The third-order valence-electron chi connectivity index (χ3n) is 5.61. The van der Waals surface area contributed by atoms with E-state index >= 15 is 0 Å². The lowest BCUT2D eigenvalue weighted by molar-refractivity contribution is -0.122. The van der Waals surface area contributed by atoms with E-state index in [1.54, 1.807) is 28.8 Å². The van der Waals surface area contributed by atoms with Gasteiger partial charge in [-0.15, -0.1) is 0 Å². The molecule has 2 heterocycles. The van der Waals surface area contributed by atoms with Crippen molar-refractivity contribution in [3.8, 4) is 5.75 Å². The van der Waals surface area contributed by atoms with Crippen molar-refractivity contribution in [2.24, 2.45) is 24.1 Å². The highest BCUT2D eigenvalue weighted by molar-refractivity contribution is 6.30. The lowest BCUT2D eigenvalue weighted by Crippen LogP contribution is -2.50. The third kappa shape index (κ3) is 6.00. The number of rotatable bonds is 8. The summed E-state index contributed by atoms with van der Waals surface area (Å²) in [6.45, 7) is 5.56. The molecule has 8 heteroatoms. The first-order chi connectivity index (χ1) is 14.7. The number of carbonyl (C=O) groups is 2. The minimum atomic E-state index is -0.540. The molecule has 7 nitrogen and oxygen atoms in total. The van der Waals surface area contributed by atoms with Gasteiger partial charge in [-0.1, -0.05) is 31.5 Å². The molecule has 2 N–H and O–H groups in total. The number of halogens is 1. The molecular weight excluding hydrogens is 416 g/mol. The van der Waals surface area contributed by atoms with Gasteiger partial charge in [0.05, 0.1) is 12.3 Å². The summed E-state index contributed by atoms with van der Waals surface area (Å²) >= 11 is 6.05.